The molecule has 0 saturated heterocycles. The Balaban J connectivity index is 1.75. The van der Waals surface area contributed by atoms with Gasteiger partial charge in [0.25, 0.3) is 0 Å². The van der Waals surface area contributed by atoms with Gasteiger partial charge in [0, 0.05) is 38.4 Å². The van der Waals surface area contributed by atoms with Gasteiger partial charge in [0.2, 0.25) is 5.91 Å². The highest BCUT2D eigenvalue weighted by Crippen LogP contribution is 2.24. The van der Waals surface area contributed by atoms with Crippen LogP contribution in [0.1, 0.15) is 18.4 Å². The number of amides is 1. The quantitative estimate of drug-likeness (QED) is 0.591. The maximum atomic E-state index is 12.1. The Morgan fingerprint density at radius 1 is 1.07 bits per heavy atom. The topological polar surface area (TPSA) is 56.1 Å². The zero-order chi connectivity index (χ0) is 18.9. The van der Waals surface area contributed by atoms with E-state index in [1.54, 1.807) is 7.11 Å². The number of aromatic nitrogens is 2. The van der Waals surface area contributed by atoms with E-state index in [-0.39, 0.29) is 5.91 Å². The van der Waals surface area contributed by atoms with Crippen LogP contribution in [-0.2, 0) is 16.0 Å². The summed E-state index contributed by atoms with van der Waals surface area (Å²) in [5.74, 6) is 0.0533. The van der Waals surface area contributed by atoms with Crippen molar-refractivity contribution in [3.05, 3.63) is 72.4 Å². The van der Waals surface area contributed by atoms with Gasteiger partial charge in [0.05, 0.1) is 11.4 Å². The number of methoxy groups -OCH3 is 1. The third-order valence-electron chi connectivity index (χ3n) is 4.33. The number of carbonyl (C=O) groups is 1. The van der Waals surface area contributed by atoms with Crippen molar-refractivity contribution in [3.63, 3.8) is 0 Å². The first-order chi connectivity index (χ1) is 13.3. The second-order valence-corrected chi connectivity index (χ2v) is 6.35. The largest absolute Gasteiger partial charge is 0.385 e. The normalized spacial score (nSPS) is 10.7. The summed E-state index contributed by atoms with van der Waals surface area (Å²) in [7, 11) is 1.66. The number of ether oxygens (including phenoxy) is 1. The van der Waals surface area contributed by atoms with Crippen molar-refractivity contribution >= 4 is 5.91 Å². The van der Waals surface area contributed by atoms with E-state index in [0.29, 0.717) is 26.0 Å². The van der Waals surface area contributed by atoms with Crippen molar-refractivity contribution in [3.8, 4) is 16.9 Å². The van der Waals surface area contributed by atoms with Crippen LogP contribution in [0.4, 0.5) is 0 Å². The molecule has 1 N–H and O–H groups in total. The average molecular weight is 363 g/mol. The molecule has 0 aliphatic heterocycles. The summed E-state index contributed by atoms with van der Waals surface area (Å²) in [5, 5.41) is 7.72. The van der Waals surface area contributed by atoms with Gasteiger partial charge in [-0.15, -0.1) is 0 Å². The van der Waals surface area contributed by atoms with Crippen LogP contribution in [0.3, 0.4) is 0 Å². The van der Waals surface area contributed by atoms with Gasteiger partial charge in [0.15, 0.2) is 0 Å². The molecule has 0 fully saturated rings. The summed E-state index contributed by atoms with van der Waals surface area (Å²) >= 11 is 0. The lowest BCUT2D eigenvalue weighted by molar-refractivity contribution is -0.121. The molecule has 3 aromatic rings. The summed E-state index contributed by atoms with van der Waals surface area (Å²) < 4.78 is 6.88. The molecule has 0 aliphatic carbocycles. The molecule has 0 saturated carbocycles. The Hall–Kier alpha value is -2.92. The molecule has 0 radical (unpaired) electrons. The van der Waals surface area contributed by atoms with Crippen molar-refractivity contribution < 1.29 is 9.53 Å². The van der Waals surface area contributed by atoms with Crippen molar-refractivity contribution in [2.75, 3.05) is 20.3 Å². The van der Waals surface area contributed by atoms with Gasteiger partial charge < -0.3 is 10.1 Å². The molecule has 5 heteroatoms. The third-order valence-corrected chi connectivity index (χ3v) is 4.33. The highest BCUT2D eigenvalue weighted by molar-refractivity contribution is 5.76. The number of hydrogen-bond acceptors (Lipinski definition) is 3. The number of carbonyl (C=O) groups excluding carboxylic acids is 1. The van der Waals surface area contributed by atoms with Crippen molar-refractivity contribution in [2.45, 2.75) is 19.3 Å². The van der Waals surface area contributed by atoms with Gasteiger partial charge >= 0.3 is 0 Å². The highest BCUT2D eigenvalue weighted by Gasteiger charge is 2.13. The van der Waals surface area contributed by atoms with E-state index in [2.05, 4.69) is 5.32 Å². The molecule has 1 amide bonds. The van der Waals surface area contributed by atoms with Crippen LogP contribution < -0.4 is 5.32 Å². The lowest BCUT2D eigenvalue weighted by Crippen LogP contribution is -2.25. The predicted molar refractivity (Wildman–Crippen MR) is 107 cm³/mol. The molecule has 3 rings (SSSR count). The molecular weight excluding hydrogens is 338 g/mol. The Kier molecular flexibility index (Phi) is 6.77. The zero-order valence-corrected chi connectivity index (χ0v) is 15.6. The Morgan fingerprint density at radius 2 is 1.78 bits per heavy atom. The second-order valence-electron chi connectivity index (χ2n) is 6.35. The molecule has 2 aromatic carbocycles. The van der Waals surface area contributed by atoms with Crippen LogP contribution in [0, 0.1) is 0 Å². The van der Waals surface area contributed by atoms with E-state index in [1.807, 2.05) is 71.5 Å². The molecule has 1 heterocycles. The van der Waals surface area contributed by atoms with Crippen molar-refractivity contribution in [1.29, 1.82) is 0 Å². The Bertz CT molecular complexity index is 845. The van der Waals surface area contributed by atoms with E-state index in [0.717, 1.165) is 28.9 Å². The van der Waals surface area contributed by atoms with Gasteiger partial charge in [-0.25, -0.2) is 4.68 Å². The highest BCUT2D eigenvalue weighted by atomic mass is 16.5. The Morgan fingerprint density at radius 3 is 2.48 bits per heavy atom. The first-order valence-corrected chi connectivity index (χ1v) is 9.23. The Labute approximate surface area is 160 Å². The van der Waals surface area contributed by atoms with Crippen LogP contribution in [0.25, 0.3) is 16.9 Å². The molecule has 5 nitrogen and oxygen atoms in total. The fourth-order valence-electron chi connectivity index (χ4n) is 2.93. The average Bonchev–Trinajstić information content (AvgIpc) is 3.15. The summed E-state index contributed by atoms with van der Waals surface area (Å²) in [6.45, 7) is 1.30. The number of benzene rings is 2. The summed E-state index contributed by atoms with van der Waals surface area (Å²) in [5.41, 5.74) is 4.05. The van der Waals surface area contributed by atoms with Crippen LogP contribution in [0.15, 0.2) is 66.9 Å². The van der Waals surface area contributed by atoms with E-state index in [1.165, 1.54) is 0 Å². The fourth-order valence-corrected chi connectivity index (χ4v) is 2.93. The molecule has 0 bridgehead atoms. The standard InChI is InChI=1S/C22H25N3O2/c1-27-16-8-15-23-21(26)14-13-19-17-25(20-11-6-3-7-12-20)24-22(19)18-9-4-2-5-10-18/h2-7,9-12,17H,8,13-16H2,1H3,(H,23,26). The van der Waals surface area contributed by atoms with Crippen LogP contribution in [0.5, 0.6) is 0 Å². The number of rotatable bonds is 9. The zero-order valence-electron chi connectivity index (χ0n) is 15.6. The first-order valence-electron chi connectivity index (χ1n) is 9.23. The summed E-state index contributed by atoms with van der Waals surface area (Å²) in [6, 6.07) is 20.1. The van der Waals surface area contributed by atoms with Crippen molar-refractivity contribution in [2.24, 2.45) is 0 Å². The molecule has 0 atom stereocenters. The van der Waals surface area contributed by atoms with Gasteiger partial charge in [0.1, 0.15) is 0 Å². The monoisotopic (exact) mass is 363 g/mol. The second kappa shape index (κ2) is 9.69. The number of nitrogens with zero attached hydrogens (tertiary/aromatic N) is 2. The molecule has 140 valence electrons. The summed E-state index contributed by atoms with van der Waals surface area (Å²) in [4.78, 5) is 12.1. The van der Waals surface area contributed by atoms with Gasteiger partial charge in [-0.05, 0) is 30.5 Å². The number of para-hydroxylation sites is 1. The predicted octanol–water partition coefficient (Wildman–Crippen LogP) is 3.62. The van der Waals surface area contributed by atoms with E-state index >= 15 is 0 Å². The molecule has 0 spiro atoms. The third kappa shape index (κ3) is 5.28. The van der Waals surface area contributed by atoms with Gasteiger partial charge in [-0.1, -0.05) is 48.5 Å². The first kappa shape index (κ1) is 18.9. The maximum absolute atomic E-state index is 12.1. The molecule has 0 unspecified atom stereocenters. The molecule has 1 aromatic heterocycles. The van der Waals surface area contributed by atoms with Gasteiger partial charge in [-0.3, -0.25) is 4.79 Å². The van der Waals surface area contributed by atoms with Crippen LogP contribution in [0.2, 0.25) is 0 Å². The summed E-state index contributed by atoms with van der Waals surface area (Å²) in [6.07, 6.45) is 3.93. The SMILES string of the molecule is COCCCNC(=O)CCc1cn(-c2ccccc2)nc1-c1ccccc1. The molecule has 0 aliphatic rings. The number of aryl methyl sites for hydroxylation is 1. The molecule has 27 heavy (non-hydrogen) atoms. The maximum Gasteiger partial charge on any atom is 0.220 e. The van der Waals surface area contributed by atoms with E-state index < -0.39 is 0 Å². The van der Waals surface area contributed by atoms with Crippen LogP contribution >= 0.6 is 0 Å². The van der Waals surface area contributed by atoms with E-state index in [4.69, 9.17) is 9.84 Å². The fraction of sp³-hybridized carbons (Fsp3) is 0.273. The lowest BCUT2D eigenvalue weighted by Gasteiger charge is -2.05. The minimum absolute atomic E-state index is 0.0533. The number of hydrogen-bond donors (Lipinski definition) is 1. The minimum atomic E-state index is 0.0533. The van der Waals surface area contributed by atoms with E-state index in [9.17, 15) is 4.79 Å². The smallest absolute Gasteiger partial charge is 0.220 e. The van der Waals surface area contributed by atoms with Crippen LogP contribution in [-0.4, -0.2) is 35.9 Å². The lowest BCUT2D eigenvalue weighted by atomic mass is 10.0. The molecular formula is C22H25N3O2. The minimum Gasteiger partial charge on any atom is -0.385 e. The number of nitrogens with one attached hydrogen (secondary N) is 1. The van der Waals surface area contributed by atoms with Crippen molar-refractivity contribution in [1.82, 2.24) is 15.1 Å². The van der Waals surface area contributed by atoms with Gasteiger partial charge in [-0.2, -0.15) is 5.10 Å².